The molecule has 2 aliphatic rings. The van der Waals surface area contributed by atoms with Crippen LogP contribution < -0.4 is 5.73 Å². The molecule has 1 unspecified atom stereocenters. The normalized spacial score (nSPS) is 23.3. The number of esters is 1. The van der Waals surface area contributed by atoms with Crippen molar-refractivity contribution < 1.29 is 14.3 Å². The van der Waals surface area contributed by atoms with Crippen molar-refractivity contribution in [3.8, 4) is 0 Å². The molecule has 0 saturated heterocycles. The lowest BCUT2D eigenvalue weighted by Gasteiger charge is -2.22. The smallest absolute Gasteiger partial charge is 0.303 e. The minimum atomic E-state index is -0.407. The van der Waals surface area contributed by atoms with Crippen LogP contribution >= 0.6 is 11.6 Å². The summed E-state index contributed by atoms with van der Waals surface area (Å²) in [5.74, 6) is -0.248. The summed E-state index contributed by atoms with van der Waals surface area (Å²) in [6.07, 6.45) is 0.961. The van der Waals surface area contributed by atoms with Crippen molar-refractivity contribution in [1.29, 1.82) is 5.41 Å². The Morgan fingerprint density at radius 1 is 1.65 bits per heavy atom. The first-order valence-corrected chi connectivity index (χ1v) is 5.65. The van der Waals surface area contributed by atoms with Gasteiger partial charge < -0.3 is 15.2 Å². The number of halogens is 1. The number of carbonyl (C=O) groups is 1. The molecule has 2 rings (SSSR count). The number of ether oxygens (including phenoxy) is 2. The van der Waals surface area contributed by atoms with Crippen molar-refractivity contribution in [3.05, 3.63) is 21.9 Å². The standard InChI is InChI=1S/C11H13ClN2O3/c1-5(15)17-8-3-2-6-7(12)4-16-10(9(6)8)11(13)14/h8H,2-4H2,1H3,(H3,13,14). The number of nitrogens with two attached hydrogens (primary N) is 1. The maximum atomic E-state index is 11.0. The van der Waals surface area contributed by atoms with Crippen LogP contribution in [0.15, 0.2) is 21.9 Å². The van der Waals surface area contributed by atoms with Crippen molar-refractivity contribution in [1.82, 2.24) is 0 Å². The second-order valence-electron chi connectivity index (χ2n) is 3.97. The molecule has 92 valence electrons. The number of hydrogen-bond acceptors (Lipinski definition) is 4. The van der Waals surface area contributed by atoms with E-state index < -0.39 is 6.10 Å². The Bertz CT molecular complexity index is 454. The number of amidine groups is 1. The third-order valence-corrected chi connectivity index (χ3v) is 3.11. The van der Waals surface area contributed by atoms with Crippen LogP contribution in [0, 0.1) is 5.41 Å². The van der Waals surface area contributed by atoms with Crippen molar-refractivity contribution >= 4 is 23.4 Å². The SMILES string of the molecule is CC(=O)OC1CCC2=C(Cl)COC(C(=N)N)=C21. The van der Waals surface area contributed by atoms with Gasteiger partial charge in [-0.15, -0.1) is 0 Å². The zero-order valence-electron chi connectivity index (χ0n) is 9.38. The van der Waals surface area contributed by atoms with Gasteiger partial charge in [-0.3, -0.25) is 10.2 Å². The summed E-state index contributed by atoms with van der Waals surface area (Å²) < 4.78 is 10.5. The van der Waals surface area contributed by atoms with Gasteiger partial charge in [0.05, 0.1) is 5.03 Å². The van der Waals surface area contributed by atoms with Crippen LogP contribution in [-0.2, 0) is 14.3 Å². The van der Waals surface area contributed by atoms with Gasteiger partial charge in [-0.25, -0.2) is 0 Å². The van der Waals surface area contributed by atoms with Crippen LogP contribution in [0.4, 0.5) is 0 Å². The number of nitrogens with one attached hydrogen (secondary N) is 1. The maximum Gasteiger partial charge on any atom is 0.303 e. The summed E-state index contributed by atoms with van der Waals surface area (Å²) in [5.41, 5.74) is 7.01. The predicted molar refractivity (Wildman–Crippen MR) is 62.6 cm³/mol. The Hall–Kier alpha value is -1.49. The highest BCUT2D eigenvalue weighted by atomic mass is 35.5. The fourth-order valence-corrected chi connectivity index (χ4v) is 2.41. The average molecular weight is 257 g/mol. The van der Waals surface area contributed by atoms with Gasteiger partial charge in [0.15, 0.2) is 11.6 Å². The first-order valence-electron chi connectivity index (χ1n) is 5.27. The van der Waals surface area contributed by atoms with E-state index in [9.17, 15) is 4.79 Å². The van der Waals surface area contributed by atoms with Gasteiger partial charge in [0.1, 0.15) is 12.7 Å². The number of fused-ring (bicyclic) bond motifs is 1. The predicted octanol–water partition coefficient (Wildman–Crippen LogP) is 1.43. The third kappa shape index (κ3) is 2.15. The molecule has 1 aliphatic heterocycles. The first kappa shape index (κ1) is 12.0. The topological polar surface area (TPSA) is 85.4 Å². The molecule has 3 N–H and O–H groups in total. The second-order valence-corrected chi connectivity index (χ2v) is 4.42. The third-order valence-electron chi connectivity index (χ3n) is 2.77. The van der Waals surface area contributed by atoms with Gasteiger partial charge in [-0.05, 0) is 18.4 Å². The second kappa shape index (κ2) is 4.41. The molecule has 0 radical (unpaired) electrons. The lowest BCUT2D eigenvalue weighted by molar-refractivity contribution is -0.144. The van der Waals surface area contributed by atoms with E-state index in [4.69, 9.17) is 32.2 Å². The number of carbonyl (C=O) groups excluding carboxylic acids is 1. The molecule has 1 heterocycles. The molecule has 5 nitrogen and oxygen atoms in total. The molecule has 0 spiro atoms. The van der Waals surface area contributed by atoms with Gasteiger partial charge >= 0.3 is 5.97 Å². The van der Waals surface area contributed by atoms with Crippen LogP contribution in [0.25, 0.3) is 0 Å². The van der Waals surface area contributed by atoms with Gasteiger partial charge in [-0.2, -0.15) is 0 Å². The van der Waals surface area contributed by atoms with Gasteiger partial charge in [0.25, 0.3) is 0 Å². The fourth-order valence-electron chi connectivity index (χ4n) is 2.16. The summed E-state index contributed by atoms with van der Waals surface area (Å²) >= 11 is 6.06. The van der Waals surface area contributed by atoms with E-state index >= 15 is 0 Å². The Labute approximate surface area is 104 Å². The molecule has 6 heteroatoms. The summed E-state index contributed by atoms with van der Waals surface area (Å²) in [6.45, 7) is 1.57. The number of hydrogen-bond donors (Lipinski definition) is 2. The highest BCUT2D eigenvalue weighted by molar-refractivity contribution is 6.30. The quantitative estimate of drug-likeness (QED) is 0.445. The highest BCUT2D eigenvalue weighted by Crippen LogP contribution is 2.41. The van der Waals surface area contributed by atoms with Crippen LogP contribution in [0.2, 0.25) is 0 Å². The summed E-state index contributed by atoms with van der Waals surface area (Å²) in [6, 6.07) is 0. The molecule has 0 amide bonds. The summed E-state index contributed by atoms with van der Waals surface area (Å²) in [5, 5.41) is 8.06. The van der Waals surface area contributed by atoms with Crippen LogP contribution in [0.3, 0.4) is 0 Å². The monoisotopic (exact) mass is 256 g/mol. The fraction of sp³-hybridized carbons (Fsp3) is 0.455. The Balaban J connectivity index is 2.42. The molecule has 1 atom stereocenters. The molecule has 1 saturated carbocycles. The molecule has 0 aromatic carbocycles. The zero-order valence-corrected chi connectivity index (χ0v) is 10.1. The Morgan fingerprint density at radius 3 is 2.94 bits per heavy atom. The van der Waals surface area contributed by atoms with E-state index in [0.29, 0.717) is 23.4 Å². The first-order chi connectivity index (χ1) is 8.00. The van der Waals surface area contributed by atoms with E-state index in [2.05, 4.69) is 0 Å². The van der Waals surface area contributed by atoms with Gasteiger partial charge in [-0.1, -0.05) is 11.6 Å². The molecule has 0 bridgehead atoms. The molecule has 17 heavy (non-hydrogen) atoms. The van der Waals surface area contributed by atoms with Crippen LogP contribution in [0.5, 0.6) is 0 Å². The molecular formula is C11H13ClN2O3. The molecule has 1 aliphatic carbocycles. The number of rotatable bonds is 2. The molecular weight excluding hydrogens is 244 g/mol. The van der Waals surface area contributed by atoms with Crippen molar-refractivity contribution in [2.75, 3.05) is 6.61 Å². The Kier molecular flexibility index (Phi) is 3.11. The maximum absolute atomic E-state index is 11.0. The summed E-state index contributed by atoms with van der Waals surface area (Å²) in [7, 11) is 0. The lowest BCUT2D eigenvalue weighted by atomic mass is 10.0. The molecule has 1 fully saturated rings. The zero-order chi connectivity index (χ0) is 12.6. The lowest BCUT2D eigenvalue weighted by Crippen LogP contribution is -2.25. The highest BCUT2D eigenvalue weighted by Gasteiger charge is 2.36. The van der Waals surface area contributed by atoms with Gasteiger partial charge in [0.2, 0.25) is 0 Å². The molecule has 0 aromatic heterocycles. The van der Waals surface area contributed by atoms with E-state index in [1.54, 1.807) is 0 Å². The minimum absolute atomic E-state index is 0.166. The van der Waals surface area contributed by atoms with Crippen LogP contribution in [-0.4, -0.2) is 24.5 Å². The van der Waals surface area contributed by atoms with E-state index in [1.807, 2.05) is 0 Å². The van der Waals surface area contributed by atoms with Crippen molar-refractivity contribution in [2.24, 2.45) is 5.73 Å². The summed E-state index contributed by atoms with van der Waals surface area (Å²) in [4.78, 5) is 11.0. The van der Waals surface area contributed by atoms with E-state index in [1.165, 1.54) is 6.92 Å². The van der Waals surface area contributed by atoms with Crippen LogP contribution in [0.1, 0.15) is 19.8 Å². The van der Waals surface area contributed by atoms with E-state index in [-0.39, 0.29) is 24.2 Å². The minimum Gasteiger partial charge on any atom is -0.484 e. The Morgan fingerprint density at radius 2 is 2.35 bits per heavy atom. The van der Waals surface area contributed by atoms with Crippen molar-refractivity contribution in [3.63, 3.8) is 0 Å². The van der Waals surface area contributed by atoms with Crippen molar-refractivity contribution in [2.45, 2.75) is 25.9 Å². The largest absolute Gasteiger partial charge is 0.484 e. The molecule has 0 aromatic rings. The van der Waals surface area contributed by atoms with E-state index in [0.717, 1.165) is 5.57 Å². The average Bonchev–Trinajstić information content (AvgIpc) is 2.62. The van der Waals surface area contributed by atoms with Gasteiger partial charge in [0, 0.05) is 12.5 Å².